The normalized spacial score (nSPS) is 14.5. The molecular formula is C14H18N6O2. The summed E-state index contributed by atoms with van der Waals surface area (Å²) in [6.07, 6.45) is 2.53. The van der Waals surface area contributed by atoms with Gasteiger partial charge >= 0.3 is 0 Å². The fourth-order valence-corrected chi connectivity index (χ4v) is 2.05. The summed E-state index contributed by atoms with van der Waals surface area (Å²) >= 11 is 0. The number of hydrogen-bond donors (Lipinski definition) is 2. The number of aryl methyl sites for hydroxylation is 1. The van der Waals surface area contributed by atoms with Crippen molar-refractivity contribution in [1.29, 1.82) is 0 Å². The summed E-state index contributed by atoms with van der Waals surface area (Å²) in [5.74, 6) is 1.77. The van der Waals surface area contributed by atoms with Gasteiger partial charge in [0.25, 0.3) is 0 Å². The number of aromatic nitrogens is 3. The number of guanidine groups is 1. The predicted octanol–water partition coefficient (Wildman–Crippen LogP) is 0.903. The molecule has 1 aromatic carbocycles. The highest BCUT2D eigenvalue weighted by atomic mass is 16.5. The minimum atomic E-state index is 0.306. The largest absolute Gasteiger partial charge is 0.490 e. The van der Waals surface area contributed by atoms with Crippen LogP contribution in [-0.2, 0) is 13.6 Å². The van der Waals surface area contributed by atoms with Crippen LogP contribution in [0.15, 0.2) is 29.4 Å². The summed E-state index contributed by atoms with van der Waals surface area (Å²) in [7, 11) is 1.76. The number of ether oxygens (including phenoxy) is 2. The number of aliphatic imine (C=N–C) groups is 1. The molecule has 0 saturated carbocycles. The van der Waals surface area contributed by atoms with Gasteiger partial charge in [0.1, 0.15) is 5.69 Å². The van der Waals surface area contributed by atoms with Crippen LogP contribution in [0.5, 0.6) is 11.5 Å². The molecule has 1 aliphatic rings. The summed E-state index contributed by atoms with van der Waals surface area (Å²) in [4.78, 5) is 5.71. The van der Waals surface area contributed by atoms with Gasteiger partial charge in [0.2, 0.25) is 0 Å². The van der Waals surface area contributed by atoms with Gasteiger partial charge in [-0.15, -0.1) is 0 Å². The third kappa shape index (κ3) is 3.46. The molecule has 2 aromatic rings. The molecule has 1 aromatic heterocycles. The molecule has 0 saturated heterocycles. The third-order valence-corrected chi connectivity index (χ3v) is 3.08. The van der Waals surface area contributed by atoms with Crippen LogP contribution in [0.4, 0.5) is 5.69 Å². The van der Waals surface area contributed by atoms with E-state index in [9.17, 15) is 0 Å². The minimum absolute atomic E-state index is 0.306. The maximum absolute atomic E-state index is 5.88. The van der Waals surface area contributed by atoms with Crippen LogP contribution in [0.2, 0.25) is 0 Å². The van der Waals surface area contributed by atoms with Crippen molar-refractivity contribution in [3.63, 3.8) is 0 Å². The molecule has 0 radical (unpaired) electrons. The van der Waals surface area contributed by atoms with Crippen molar-refractivity contribution < 1.29 is 9.47 Å². The van der Waals surface area contributed by atoms with Crippen LogP contribution in [0.1, 0.15) is 12.1 Å². The Morgan fingerprint density at radius 3 is 2.95 bits per heavy atom. The van der Waals surface area contributed by atoms with E-state index < -0.39 is 0 Å². The zero-order chi connectivity index (χ0) is 15.4. The Bertz CT molecular complexity index is 682. The van der Waals surface area contributed by atoms with Gasteiger partial charge in [-0.2, -0.15) is 15.0 Å². The summed E-state index contributed by atoms with van der Waals surface area (Å²) in [6.45, 7) is 1.69. The number of nitrogens with two attached hydrogens (primary N) is 1. The molecule has 0 aliphatic carbocycles. The summed E-state index contributed by atoms with van der Waals surface area (Å²) in [6, 6.07) is 5.59. The second-order valence-electron chi connectivity index (χ2n) is 4.86. The number of benzene rings is 1. The molecule has 8 heteroatoms. The van der Waals surface area contributed by atoms with E-state index >= 15 is 0 Å². The van der Waals surface area contributed by atoms with Crippen LogP contribution in [-0.4, -0.2) is 34.2 Å². The van der Waals surface area contributed by atoms with Gasteiger partial charge in [0.15, 0.2) is 17.5 Å². The lowest BCUT2D eigenvalue weighted by Crippen LogP contribution is -2.22. The van der Waals surface area contributed by atoms with Gasteiger partial charge in [-0.05, 0) is 12.1 Å². The molecule has 3 rings (SSSR count). The molecule has 2 heterocycles. The molecule has 3 N–H and O–H groups in total. The van der Waals surface area contributed by atoms with Crippen LogP contribution < -0.4 is 20.5 Å². The van der Waals surface area contributed by atoms with Gasteiger partial charge in [-0.25, -0.2) is 4.99 Å². The minimum Gasteiger partial charge on any atom is -0.490 e. The van der Waals surface area contributed by atoms with Crippen LogP contribution in [0.25, 0.3) is 0 Å². The Morgan fingerprint density at radius 1 is 1.36 bits per heavy atom. The zero-order valence-electron chi connectivity index (χ0n) is 12.3. The summed E-state index contributed by atoms with van der Waals surface area (Å²) in [5.41, 5.74) is 7.43. The van der Waals surface area contributed by atoms with Gasteiger partial charge in [0, 0.05) is 25.2 Å². The molecule has 0 fully saturated rings. The van der Waals surface area contributed by atoms with E-state index in [0.29, 0.717) is 31.5 Å². The first-order valence-corrected chi connectivity index (χ1v) is 7.02. The predicted molar refractivity (Wildman–Crippen MR) is 82.0 cm³/mol. The molecule has 0 spiro atoms. The molecule has 1 aliphatic heterocycles. The van der Waals surface area contributed by atoms with Gasteiger partial charge in [-0.1, -0.05) is 0 Å². The fraction of sp³-hybridized carbons (Fsp3) is 0.357. The van der Waals surface area contributed by atoms with Crippen molar-refractivity contribution in [3.8, 4) is 11.5 Å². The Morgan fingerprint density at radius 2 is 2.18 bits per heavy atom. The second kappa shape index (κ2) is 6.33. The monoisotopic (exact) mass is 302 g/mol. The van der Waals surface area contributed by atoms with Crippen LogP contribution in [0.3, 0.4) is 0 Å². The second-order valence-corrected chi connectivity index (χ2v) is 4.86. The SMILES string of the molecule is Cn1ncc(CN=C(N)Nc2ccc3c(c2)OCCCO3)n1. The topological polar surface area (TPSA) is 99.6 Å². The number of rotatable bonds is 3. The lowest BCUT2D eigenvalue weighted by molar-refractivity contribution is 0.297. The standard InChI is InChI=1S/C14H18N6O2/c1-20-17-9-11(19-20)8-16-14(15)18-10-3-4-12-13(7-10)22-6-2-5-21-12/h3-4,7,9H,2,5-6,8H2,1H3,(H3,15,16,18). The highest BCUT2D eigenvalue weighted by Crippen LogP contribution is 2.32. The fourth-order valence-electron chi connectivity index (χ4n) is 2.05. The number of hydrogen-bond acceptors (Lipinski definition) is 5. The average molecular weight is 302 g/mol. The van der Waals surface area contributed by atoms with E-state index in [1.54, 1.807) is 13.2 Å². The van der Waals surface area contributed by atoms with Crippen molar-refractivity contribution in [2.75, 3.05) is 18.5 Å². The molecule has 116 valence electrons. The quantitative estimate of drug-likeness (QED) is 0.645. The van der Waals surface area contributed by atoms with Crippen molar-refractivity contribution in [2.45, 2.75) is 13.0 Å². The number of nitrogens with zero attached hydrogens (tertiary/aromatic N) is 4. The van der Waals surface area contributed by atoms with E-state index in [4.69, 9.17) is 15.2 Å². The summed E-state index contributed by atoms with van der Waals surface area (Å²) in [5, 5.41) is 11.1. The lowest BCUT2D eigenvalue weighted by atomic mass is 10.3. The first kappa shape index (κ1) is 14.2. The maximum atomic E-state index is 5.88. The molecular weight excluding hydrogens is 284 g/mol. The van der Waals surface area contributed by atoms with Gasteiger partial charge in [-0.3, -0.25) is 0 Å². The van der Waals surface area contributed by atoms with Gasteiger partial charge < -0.3 is 20.5 Å². The van der Waals surface area contributed by atoms with Gasteiger partial charge in [0.05, 0.1) is 26.0 Å². The van der Waals surface area contributed by atoms with Crippen molar-refractivity contribution >= 4 is 11.6 Å². The highest BCUT2D eigenvalue weighted by molar-refractivity contribution is 5.92. The zero-order valence-corrected chi connectivity index (χ0v) is 12.3. The average Bonchev–Trinajstić information content (AvgIpc) is 2.78. The molecule has 22 heavy (non-hydrogen) atoms. The van der Waals surface area contributed by atoms with E-state index in [2.05, 4.69) is 20.5 Å². The van der Waals surface area contributed by atoms with Crippen molar-refractivity contribution in [2.24, 2.45) is 17.8 Å². The van der Waals surface area contributed by atoms with E-state index in [0.717, 1.165) is 23.6 Å². The number of nitrogens with one attached hydrogen (secondary N) is 1. The summed E-state index contributed by atoms with van der Waals surface area (Å²) < 4.78 is 11.2. The van der Waals surface area contributed by atoms with E-state index in [1.165, 1.54) is 4.80 Å². The molecule has 0 atom stereocenters. The van der Waals surface area contributed by atoms with Crippen LogP contribution in [0, 0.1) is 0 Å². The lowest BCUT2D eigenvalue weighted by Gasteiger charge is -2.10. The molecule has 0 unspecified atom stereocenters. The Balaban J connectivity index is 1.65. The number of anilines is 1. The Kier molecular flexibility index (Phi) is 4.08. The van der Waals surface area contributed by atoms with E-state index in [1.807, 2.05) is 18.2 Å². The van der Waals surface area contributed by atoms with Crippen molar-refractivity contribution in [3.05, 3.63) is 30.1 Å². The first-order valence-electron chi connectivity index (χ1n) is 7.02. The molecule has 0 bridgehead atoms. The third-order valence-electron chi connectivity index (χ3n) is 3.08. The highest BCUT2D eigenvalue weighted by Gasteiger charge is 2.10. The number of fused-ring (bicyclic) bond motifs is 1. The Labute approximate surface area is 127 Å². The van der Waals surface area contributed by atoms with Crippen molar-refractivity contribution in [1.82, 2.24) is 15.0 Å². The molecule has 0 amide bonds. The van der Waals surface area contributed by atoms with E-state index in [-0.39, 0.29) is 0 Å². The smallest absolute Gasteiger partial charge is 0.193 e. The first-order chi connectivity index (χ1) is 10.7. The maximum Gasteiger partial charge on any atom is 0.193 e. The Hall–Kier alpha value is -2.77. The molecule has 8 nitrogen and oxygen atoms in total. The van der Waals surface area contributed by atoms with Crippen LogP contribution >= 0.6 is 0 Å².